The standard InChI is InChI=1S/C20H26N2O2/c23-20(12-6-13-21-15-20)16-22-14-11-17-7-4-5-10-19(17)24-18-8-2-1-3-9-18/h1-5,7-10,21-23H,6,11-16H2/t20-/m1/s1. The quantitative estimate of drug-likeness (QED) is 0.685. The predicted molar refractivity (Wildman–Crippen MR) is 96.6 cm³/mol. The van der Waals surface area contributed by atoms with Crippen molar-refractivity contribution in [1.29, 1.82) is 0 Å². The van der Waals surface area contributed by atoms with Crippen molar-refractivity contribution in [1.82, 2.24) is 10.6 Å². The summed E-state index contributed by atoms with van der Waals surface area (Å²) in [6.45, 7) is 3.12. The first-order valence-corrected chi connectivity index (χ1v) is 8.70. The van der Waals surface area contributed by atoms with Gasteiger partial charge in [-0.05, 0) is 56.1 Å². The molecule has 24 heavy (non-hydrogen) atoms. The molecule has 1 aliphatic rings. The van der Waals surface area contributed by atoms with E-state index in [-0.39, 0.29) is 0 Å². The zero-order valence-electron chi connectivity index (χ0n) is 14.0. The molecule has 0 aromatic heterocycles. The maximum absolute atomic E-state index is 10.5. The van der Waals surface area contributed by atoms with Gasteiger partial charge in [-0.15, -0.1) is 0 Å². The van der Waals surface area contributed by atoms with Crippen LogP contribution in [0.2, 0.25) is 0 Å². The molecule has 0 saturated carbocycles. The molecule has 0 bridgehead atoms. The lowest BCUT2D eigenvalue weighted by molar-refractivity contribution is 0.0174. The molecule has 128 valence electrons. The monoisotopic (exact) mass is 326 g/mol. The fraction of sp³-hybridized carbons (Fsp3) is 0.400. The Bertz CT molecular complexity index is 625. The highest BCUT2D eigenvalue weighted by Gasteiger charge is 2.28. The zero-order chi connectivity index (χ0) is 16.7. The number of β-amino-alcohol motifs (C(OH)–C–C–N with tert-alkyl or cyclic N) is 1. The van der Waals surface area contributed by atoms with Crippen LogP contribution in [0, 0.1) is 0 Å². The second kappa shape index (κ2) is 8.29. The number of hydrogen-bond acceptors (Lipinski definition) is 4. The van der Waals surface area contributed by atoms with Gasteiger partial charge in [0, 0.05) is 13.1 Å². The third-order valence-corrected chi connectivity index (χ3v) is 4.42. The molecule has 1 atom stereocenters. The predicted octanol–water partition coefficient (Wildman–Crippen LogP) is 2.73. The Kier molecular flexibility index (Phi) is 5.86. The second-order valence-electron chi connectivity index (χ2n) is 6.45. The molecule has 3 N–H and O–H groups in total. The molecule has 1 fully saturated rings. The zero-order valence-corrected chi connectivity index (χ0v) is 14.0. The minimum atomic E-state index is -0.613. The van der Waals surface area contributed by atoms with Gasteiger partial charge in [0.05, 0.1) is 5.60 Å². The summed E-state index contributed by atoms with van der Waals surface area (Å²) >= 11 is 0. The summed E-state index contributed by atoms with van der Waals surface area (Å²) in [4.78, 5) is 0. The number of benzene rings is 2. The van der Waals surface area contributed by atoms with Crippen molar-refractivity contribution < 1.29 is 9.84 Å². The Morgan fingerprint density at radius 1 is 1.08 bits per heavy atom. The van der Waals surface area contributed by atoms with E-state index in [1.165, 1.54) is 5.56 Å². The molecular weight excluding hydrogens is 300 g/mol. The molecule has 0 amide bonds. The Labute approximate surface area is 143 Å². The van der Waals surface area contributed by atoms with Crippen LogP contribution in [0.4, 0.5) is 0 Å². The average molecular weight is 326 g/mol. The third kappa shape index (κ3) is 4.81. The normalized spacial score (nSPS) is 20.7. The Morgan fingerprint density at radius 2 is 1.88 bits per heavy atom. The van der Waals surface area contributed by atoms with E-state index in [0.29, 0.717) is 13.1 Å². The van der Waals surface area contributed by atoms with Crippen LogP contribution < -0.4 is 15.4 Å². The lowest BCUT2D eigenvalue weighted by Crippen LogP contribution is -2.52. The van der Waals surface area contributed by atoms with E-state index >= 15 is 0 Å². The van der Waals surface area contributed by atoms with Crippen molar-refractivity contribution in [3.05, 3.63) is 60.2 Å². The summed E-state index contributed by atoms with van der Waals surface area (Å²) in [6, 6.07) is 18.0. The Balaban J connectivity index is 1.52. The molecule has 3 rings (SSSR count). The van der Waals surface area contributed by atoms with Gasteiger partial charge in [0.2, 0.25) is 0 Å². The molecule has 2 aromatic rings. The van der Waals surface area contributed by atoms with Crippen molar-refractivity contribution in [2.75, 3.05) is 26.2 Å². The van der Waals surface area contributed by atoms with Crippen molar-refractivity contribution >= 4 is 0 Å². The lowest BCUT2D eigenvalue weighted by atomic mass is 9.94. The molecule has 0 unspecified atom stereocenters. The highest BCUT2D eigenvalue weighted by molar-refractivity contribution is 5.37. The molecule has 1 heterocycles. The Morgan fingerprint density at radius 3 is 2.67 bits per heavy atom. The number of rotatable bonds is 7. The highest BCUT2D eigenvalue weighted by Crippen LogP contribution is 2.25. The van der Waals surface area contributed by atoms with Crippen molar-refractivity contribution in [3.63, 3.8) is 0 Å². The van der Waals surface area contributed by atoms with Crippen LogP contribution in [0.3, 0.4) is 0 Å². The topological polar surface area (TPSA) is 53.5 Å². The molecule has 1 aliphatic heterocycles. The van der Waals surface area contributed by atoms with E-state index in [1.54, 1.807) is 0 Å². The van der Waals surface area contributed by atoms with Crippen LogP contribution in [0.1, 0.15) is 18.4 Å². The highest BCUT2D eigenvalue weighted by atomic mass is 16.5. The van der Waals surface area contributed by atoms with Crippen LogP contribution in [0.15, 0.2) is 54.6 Å². The molecule has 0 radical (unpaired) electrons. The lowest BCUT2D eigenvalue weighted by Gasteiger charge is -2.32. The van der Waals surface area contributed by atoms with Gasteiger partial charge in [-0.2, -0.15) is 0 Å². The number of para-hydroxylation sites is 2. The van der Waals surface area contributed by atoms with Crippen LogP contribution in [0.25, 0.3) is 0 Å². The molecule has 4 heteroatoms. The van der Waals surface area contributed by atoms with Gasteiger partial charge >= 0.3 is 0 Å². The number of ether oxygens (including phenoxy) is 1. The van der Waals surface area contributed by atoms with Crippen LogP contribution >= 0.6 is 0 Å². The number of aliphatic hydroxyl groups is 1. The number of hydrogen-bond donors (Lipinski definition) is 3. The van der Waals surface area contributed by atoms with E-state index < -0.39 is 5.60 Å². The van der Waals surface area contributed by atoms with E-state index in [1.807, 2.05) is 48.5 Å². The fourth-order valence-corrected chi connectivity index (χ4v) is 3.07. The number of piperidine rings is 1. The molecule has 4 nitrogen and oxygen atoms in total. The molecular formula is C20H26N2O2. The van der Waals surface area contributed by atoms with Gasteiger partial charge in [-0.1, -0.05) is 36.4 Å². The van der Waals surface area contributed by atoms with Gasteiger partial charge in [-0.25, -0.2) is 0 Å². The van der Waals surface area contributed by atoms with Gasteiger partial charge in [-0.3, -0.25) is 0 Å². The minimum Gasteiger partial charge on any atom is -0.457 e. The minimum absolute atomic E-state index is 0.613. The van der Waals surface area contributed by atoms with E-state index in [2.05, 4.69) is 16.7 Å². The summed E-state index contributed by atoms with van der Waals surface area (Å²) in [5.41, 5.74) is 0.556. The largest absolute Gasteiger partial charge is 0.457 e. The van der Waals surface area contributed by atoms with Crippen molar-refractivity contribution in [3.8, 4) is 11.5 Å². The summed E-state index contributed by atoms with van der Waals surface area (Å²) in [5, 5.41) is 17.1. The second-order valence-corrected chi connectivity index (χ2v) is 6.45. The van der Waals surface area contributed by atoms with Gasteiger partial charge < -0.3 is 20.5 Å². The number of nitrogens with one attached hydrogen (secondary N) is 2. The third-order valence-electron chi connectivity index (χ3n) is 4.42. The van der Waals surface area contributed by atoms with Gasteiger partial charge in [0.15, 0.2) is 0 Å². The molecule has 1 saturated heterocycles. The summed E-state index contributed by atoms with van der Waals surface area (Å²) in [7, 11) is 0. The van der Waals surface area contributed by atoms with Crippen LogP contribution in [-0.2, 0) is 6.42 Å². The van der Waals surface area contributed by atoms with E-state index in [9.17, 15) is 5.11 Å². The first-order valence-electron chi connectivity index (χ1n) is 8.70. The summed E-state index contributed by atoms with van der Waals surface area (Å²) < 4.78 is 5.99. The van der Waals surface area contributed by atoms with E-state index in [0.717, 1.165) is 43.9 Å². The average Bonchev–Trinajstić information content (AvgIpc) is 2.62. The first-order chi connectivity index (χ1) is 11.8. The maximum atomic E-state index is 10.5. The Hall–Kier alpha value is -1.88. The molecule has 2 aromatic carbocycles. The van der Waals surface area contributed by atoms with E-state index in [4.69, 9.17) is 4.74 Å². The SMILES string of the molecule is O[C@]1(CNCCc2ccccc2Oc2ccccc2)CCCNC1. The summed E-state index contributed by atoms with van der Waals surface area (Å²) in [5.74, 6) is 1.74. The fourth-order valence-electron chi connectivity index (χ4n) is 3.07. The summed E-state index contributed by atoms with van der Waals surface area (Å²) in [6.07, 6.45) is 2.76. The first kappa shape index (κ1) is 17.0. The smallest absolute Gasteiger partial charge is 0.130 e. The van der Waals surface area contributed by atoms with Crippen molar-refractivity contribution in [2.45, 2.75) is 24.9 Å². The molecule has 0 spiro atoms. The van der Waals surface area contributed by atoms with Gasteiger partial charge in [0.1, 0.15) is 11.5 Å². The van der Waals surface area contributed by atoms with Crippen LogP contribution in [0.5, 0.6) is 11.5 Å². The van der Waals surface area contributed by atoms with Crippen molar-refractivity contribution in [2.24, 2.45) is 0 Å². The maximum Gasteiger partial charge on any atom is 0.130 e. The van der Waals surface area contributed by atoms with Crippen LogP contribution in [-0.4, -0.2) is 36.9 Å². The van der Waals surface area contributed by atoms with Gasteiger partial charge in [0.25, 0.3) is 0 Å². The molecule has 0 aliphatic carbocycles.